The summed E-state index contributed by atoms with van der Waals surface area (Å²) < 4.78 is 1.68. The van der Waals surface area contributed by atoms with Crippen molar-refractivity contribution in [2.45, 2.75) is 13.3 Å². The Bertz CT molecular complexity index is 565. The first-order valence-electron chi connectivity index (χ1n) is 6.61. The second kappa shape index (κ2) is 6.81. The number of nitrogens with zero attached hydrogens (tertiary/aromatic N) is 3. The molecule has 0 aliphatic heterocycles. The molecule has 20 heavy (non-hydrogen) atoms. The number of hydrogen-bond donors (Lipinski definition) is 2. The molecule has 0 atom stereocenters. The molecule has 2 aromatic rings. The van der Waals surface area contributed by atoms with Gasteiger partial charge in [-0.3, -0.25) is 4.79 Å². The molecule has 0 spiro atoms. The molecule has 2 N–H and O–H groups in total. The SMILES string of the molecule is CNCCCNC(=O)c1ccc(-n2cncn2)c(C)c1. The lowest BCUT2D eigenvalue weighted by Crippen LogP contribution is -2.26. The summed E-state index contributed by atoms with van der Waals surface area (Å²) >= 11 is 0. The van der Waals surface area contributed by atoms with Crippen molar-refractivity contribution < 1.29 is 4.79 Å². The monoisotopic (exact) mass is 273 g/mol. The predicted octanol–water partition coefficient (Wildman–Crippen LogP) is 0.915. The van der Waals surface area contributed by atoms with E-state index in [1.165, 1.54) is 6.33 Å². The maximum atomic E-state index is 12.0. The van der Waals surface area contributed by atoms with Crippen LogP contribution in [0.1, 0.15) is 22.3 Å². The highest BCUT2D eigenvalue weighted by Gasteiger charge is 2.08. The van der Waals surface area contributed by atoms with Crippen molar-refractivity contribution in [1.29, 1.82) is 0 Å². The first kappa shape index (κ1) is 14.2. The maximum absolute atomic E-state index is 12.0. The van der Waals surface area contributed by atoms with Gasteiger partial charge in [0.15, 0.2) is 0 Å². The normalized spacial score (nSPS) is 10.5. The molecular weight excluding hydrogens is 254 g/mol. The van der Waals surface area contributed by atoms with E-state index >= 15 is 0 Å². The lowest BCUT2D eigenvalue weighted by molar-refractivity contribution is 0.0953. The number of nitrogens with one attached hydrogen (secondary N) is 2. The molecule has 1 amide bonds. The molecular formula is C14H19N5O. The Labute approximate surface area is 118 Å². The lowest BCUT2D eigenvalue weighted by atomic mass is 10.1. The van der Waals surface area contributed by atoms with Crippen LogP contribution in [0.2, 0.25) is 0 Å². The fraction of sp³-hybridized carbons (Fsp3) is 0.357. The lowest BCUT2D eigenvalue weighted by Gasteiger charge is -2.09. The third kappa shape index (κ3) is 3.42. The van der Waals surface area contributed by atoms with Crippen molar-refractivity contribution in [2.75, 3.05) is 20.1 Å². The molecule has 0 radical (unpaired) electrons. The summed E-state index contributed by atoms with van der Waals surface area (Å²) in [6.45, 7) is 3.52. The van der Waals surface area contributed by atoms with E-state index in [9.17, 15) is 4.79 Å². The molecule has 2 rings (SSSR count). The number of carbonyl (C=O) groups excluding carboxylic acids is 1. The summed E-state index contributed by atoms with van der Waals surface area (Å²) in [6.07, 6.45) is 4.04. The van der Waals surface area contributed by atoms with Gasteiger partial charge in [-0.1, -0.05) is 0 Å². The average molecular weight is 273 g/mol. The number of aromatic nitrogens is 3. The second-order valence-electron chi connectivity index (χ2n) is 4.55. The molecule has 0 saturated heterocycles. The van der Waals surface area contributed by atoms with E-state index in [1.54, 1.807) is 17.1 Å². The third-order valence-electron chi connectivity index (χ3n) is 3.01. The largest absolute Gasteiger partial charge is 0.352 e. The van der Waals surface area contributed by atoms with Gasteiger partial charge in [0.25, 0.3) is 5.91 Å². The van der Waals surface area contributed by atoms with Crippen molar-refractivity contribution in [3.8, 4) is 5.69 Å². The maximum Gasteiger partial charge on any atom is 0.251 e. The predicted molar refractivity (Wildman–Crippen MR) is 77.0 cm³/mol. The third-order valence-corrected chi connectivity index (χ3v) is 3.01. The highest BCUT2D eigenvalue weighted by molar-refractivity contribution is 5.94. The van der Waals surface area contributed by atoms with Crippen LogP contribution in [0.3, 0.4) is 0 Å². The Morgan fingerprint density at radius 2 is 2.20 bits per heavy atom. The van der Waals surface area contributed by atoms with Crippen molar-refractivity contribution in [2.24, 2.45) is 0 Å². The van der Waals surface area contributed by atoms with Crippen LogP contribution < -0.4 is 10.6 Å². The Hall–Kier alpha value is -2.21. The van der Waals surface area contributed by atoms with E-state index in [-0.39, 0.29) is 5.91 Å². The smallest absolute Gasteiger partial charge is 0.251 e. The van der Waals surface area contributed by atoms with Gasteiger partial charge >= 0.3 is 0 Å². The first-order chi connectivity index (χ1) is 9.72. The van der Waals surface area contributed by atoms with Gasteiger partial charge in [0.05, 0.1) is 5.69 Å². The fourth-order valence-corrected chi connectivity index (χ4v) is 1.96. The van der Waals surface area contributed by atoms with Crippen molar-refractivity contribution in [1.82, 2.24) is 25.4 Å². The second-order valence-corrected chi connectivity index (χ2v) is 4.55. The van der Waals surface area contributed by atoms with Crippen molar-refractivity contribution in [3.63, 3.8) is 0 Å². The Balaban J connectivity index is 2.03. The van der Waals surface area contributed by atoms with E-state index in [0.29, 0.717) is 12.1 Å². The molecule has 0 bridgehead atoms. The highest BCUT2D eigenvalue weighted by atomic mass is 16.1. The summed E-state index contributed by atoms with van der Waals surface area (Å²) in [5.41, 5.74) is 2.57. The molecule has 0 saturated carbocycles. The summed E-state index contributed by atoms with van der Waals surface area (Å²) in [6, 6.07) is 5.55. The Kier molecular flexibility index (Phi) is 4.84. The highest BCUT2D eigenvalue weighted by Crippen LogP contribution is 2.14. The molecule has 6 heteroatoms. The molecule has 0 unspecified atom stereocenters. The van der Waals surface area contributed by atoms with Crippen LogP contribution in [0.15, 0.2) is 30.9 Å². The number of amides is 1. The van der Waals surface area contributed by atoms with E-state index in [4.69, 9.17) is 0 Å². The van der Waals surface area contributed by atoms with Crippen LogP contribution in [0.5, 0.6) is 0 Å². The van der Waals surface area contributed by atoms with E-state index in [1.807, 2.05) is 26.1 Å². The number of rotatable bonds is 6. The molecule has 6 nitrogen and oxygen atoms in total. The van der Waals surface area contributed by atoms with Gasteiger partial charge in [-0.25, -0.2) is 9.67 Å². The van der Waals surface area contributed by atoms with Gasteiger partial charge in [-0.05, 0) is 50.7 Å². The van der Waals surface area contributed by atoms with Gasteiger partial charge in [-0.15, -0.1) is 0 Å². The number of carbonyl (C=O) groups is 1. The van der Waals surface area contributed by atoms with Gasteiger partial charge in [0, 0.05) is 12.1 Å². The van der Waals surface area contributed by atoms with Crippen LogP contribution in [-0.2, 0) is 0 Å². The van der Waals surface area contributed by atoms with Gasteiger partial charge < -0.3 is 10.6 Å². The summed E-state index contributed by atoms with van der Waals surface area (Å²) in [4.78, 5) is 15.9. The molecule has 1 heterocycles. The van der Waals surface area contributed by atoms with Crippen LogP contribution in [-0.4, -0.2) is 40.8 Å². The Morgan fingerprint density at radius 1 is 1.35 bits per heavy atom. The fourth-order valence-electron chi connectivity index (χ4n) is 1.96. The molecule has 106 valence electrons. The van der Waals surface area contributed by atoms with Crippen LogP contribution in [0.25, 0.3) is 5.69 Å². The summed E-state index contributed by atoms with van der Waals surface area (Å²) in [5, 5.41) is 10.0. The zero-order chi connectivity index (χ0) is 14.4. The average Bonchev–Trinajstić information content (AvgIpc) is 2.97. The zero-order valence-corrected chi connectivity index (χ0v) is 11.8. The summed E-state index contributed by atoms with van der Waals surface area (Å²) in [5.74, 6) is -0.0469. The van der Waals surface area contributed by atoms with Crippen LogP contribution in [0, 0.1) is 6.92 Å². The molecule has 1 aromatic heterocycles. The number of aryl methyl sites for hydroxylation is 1. The first-order valence-corrected chi connectivity index (χ1v) is 6.61. The number of hydrogen-bond acceptors (Lipinski definition) is 4. The summed E-state index contributed by atoms with van der Waals surface area (Å²) in [7, 11) is 1.90. The molecule has 0 aliphatic rings. The van der Waals surface area contributed by atoms with Crippen LogP contribution in [0.4, 0.5) is 0 Å². The number of benzene rings is 1. The van der Waals surface area contributed by atoms with E-state index < -0.39 is 0 Å². The molecule has 1 aromatic carbocycles. The van der Waals surface area contributed by atoms with Crippen LogP contribution >= 0.6 is 0 Å². The van der Waals surface area contributed by atoms with E-state index in [0.717, 1.165) is 24.2 Å². The van der Waals surface area contributed by atoms with Gasteiger partial charge in [0.2, 0.25) is 0 Å². The van der Waals surface area contributed by atoms with Gasteiger partial charge in [-0.2, -0.15) is 5.10 Å². The minimum absolute atomic E-state index is 0.0469. The van der Waals surface area contributed by atoms with Crippen molar-refractivity contribution >= 4 is 5.91 Å². The minimum atomic E-state index is -0.0469. The quantitative estimate of drug-likeness (QED) is 0.768. The minimum Gasteiger partial charge on any atom is -0.352 e. The standard InChI is InChI=1S/C14H19N5O/c1-11-8-12(14(20)17-7-3-6-15-2)4-5-13(11)19-10-16-9-18-19/h4-5,8-10,15H,3,6-7H2,1-2H3,(H,17,20). The van der Waals surface area contributed by atoms with Crippen molar-refractivity contribution in [3.05, 3.63) is 42.0 Å². The topological polar surface area (TPSA) is 71.8 Å². The molecule has 0 fully saturated rings. The molecule has 0 aliphatic carbocycles. The zero-order valence-electron chi connectivity index (χ0n) is 11.8. The van der Waals surface area contributed by atoms with E-state index in [2.05, 4.69) is 20.7 Å². The Morgan fingerprint density at radius 3 is 2.85 bits per heavy atom. The van der Waals surface area contributed by atoms with Gasteiger partial charge in [0.1, 0.15) is 12.7 Å².